The Morgan fingerprint density at radius 2 is 1.85 bits per heavy atom. The zero-order valence-corrected chi connectivity index (χ0v) is 14.8. The molecular formula is C19H13N7S. The van der Waals surface area contributed by atoms with E-state index in [9.17, 15) is 0 Å². The summed E-state index contributed by atoms with van der Waals surface area (Å²) in [4.78, 5) is 9.80. The quantitative estimate of drug-likeness (QED) is 0.490. The minimum absolute atomic E-state index is 0.576. The molecule has 0 aliphatic heterocycles. The lowest BCUT2D eigenvalue weighted by Crippen LogP contribution is -1.94. The van der Waals surface area contributed by atoms with E-state index in [1.807, 2.05) is 42.7 Å². The van der Waals surface area contributed by atoms with Gasteiger partial charge in [0.1, 0.15) is 5.82 Å². The molecule has 0 aliphatic rings. The fourth-order valence-corrected chi connectivity index (χ4v) is 3.83. The average Bonchev–Trinajstić information content (AvgIpc) is 3.39. The summed E-state index contributed by atoms with van der Waals surface area (Å²) in [6.45, 7) is 0. The van der Waals surface area contributed by atoms with Crippen LogP contribution in [0.2, 0.25) is 0 Å². The number of benzene rings is 1. The zero-order chi connectivity index (χ0) is 18.1. The number of anilines is 2. The summed E-state index contributed by atoms with van der Waals surface area (Å²) in [5.74, 6) is 1.34. The van der Waals surface area contributed by atoms with Crippen LogP contribution in [0.1, 0.15) is 0 Å². The van der Waals surface area contributed by atoms with Gasteiger partial charge in [0.05, 0.1) is 21.5 Å². The van der Waals surface area contributed by atoms with Crippen molar-refractivity contribution in [2.75, 3.05) is 5.32 Å². The first-order valence-electron chi connectivity index (χ1n) is 8.27. The molecule has 5 aromatic rings. The number of nitrogens with zero attached hydrogens (tertiary/aromatic N) is 5. The first-order chi connectivity index (χ1) is 13.4. The molecule has 0 saturated carbocycles. The molecule has 0 spiro atoms. The number of hydrogen-bond donors (Lipinski definition) is 2. The minimum Gasteiger partial charge on any atom is -0.338 e. The van der Waals surface area contributed by atoms with E-state index in [-0.39, 0.29) is 0 Å². The summed E-state index contributed by atoms with van der Waals surface area (Å²) in [6, 6.07) is 16.2. The Kier molecular flexibility index (Phi) is 3.80. The molecule has 5 rings (SSSR count). The van der Waals surface area contributed by atoms with Crippen LogP contribution in [-0.2, 0) is 0 Å². The summed E-state index contributed by atoms with van der Waals surface area (Å²) >= 11 is 1.57. The molecule has 2 N–H and O–H groups in total. The van der Waals surface area contributed by atoms with Crippen LogP contribution >= 0.6 is 11.3 Å². The predicted octanol–water partition coefficient (Wildman–Crippen LogP) is 4.28. The SMILES string of the molecule is c1ccc(-c2ccc(Nc3cncc4sc(-c5nn[nH]n5)cc34)nc2)cc1. The Morgan fingerprint density at radius 3 is 2.63 bits per heavy atom. The lowest BCUT2D eigenvalue weighted by atomic mass is 10.1. The van der Waals surface area contributed by atoms with Crippen LogP contribution in [-0.4, -0.2) is 30.6 Å². The monoisotopic (exact) mass is 371 g/mol. The highest BCUT2D eigenvalue weighted by Crippen LogP contribution is 2.35. The Balaban J connectivity index is 1.46. The standard InChI is InChI=1S/C19H13N7S/c1-2-4-12(5-3-1)13-6-7-18(21-9-13)22-15-10-20-11-17-14(15)8-16(27-17)19-23-25-26-24-19/h1-11H,(H,21,22)(H,23,24,25,26). The Morgan fingerprint density at radius 1 is 0.926 bits per heavy atom. The maximum atomic E-state index is 4.54. The third-order valence-electron chi connectivity index (χ3n) is 4.15. The van der Waals surface area contributed by atoms with Crippen molar-refractivity contribution in [3.05, 3.63) is 67.1 Å². The molecule has 0 bridgehead atoms. The van der Waals surface area contributed by atoms with E-state index in [1.165, 1.54) is 0 Å². The average molecular weight is 371 g/mol. The first-order valence-corrected chi connectivity index (χ1v) is 9.08. The Labute approximate surface area is 158 Å². The fourth-order valence-electron chi connectivity index (χ4n) is 2.84. The number of hydrogen-bond acceptors (Lipinski definition) is 7. The third-order valence-corrected chi connectivity index (χ3v) is 5.21. The first kappa shape index (κ1) is 15.6. The highest BCUT2D eigenvalue weighted by molar-refractivity contribution is 7.22. The van der Waals surface area contributed by atoms with Crippen molar-refractivity contribution in [1.82, 2.24) is 30.6 Å². The van der Waals surface area contributed by atoms with E-state index in [2.05, 4.69) is 54.1 Å². The van der Waals surface area contributed by atoms with Crippen molar-refractivity contribution >= 4 is 32.9 Å². The van der Waals surface area contributed by atoms with Gasteiger partial charge in [-0.15, -0.1) is 21.5 Å². The van der Waals surface area contributed by atoms with Crippen molar-refractivity contribution < 1.29 is 0 Å². The summed E-state index contributed by atoms with van der Waals surface area (Å²) < 4.78 is 1.04. The number of thiophene rings is 1. The number of fused-ring (bicyclic) bond motifs is 1. The van der Waals surface area contributed by atoms with Crippen molar-refractivity contribution in [2.24, 2.45) is 0 Å². The number of aromatic nitrogens is 6. The van der Waals surface area contributed by atoms with E-state index in [4.69, 9.17) is 0 Å². The highest BCUT2D eigenvalue weighted by atomic mass is 32.1. The molecule has 7 nitrogen and oxygen atoms in total. The van der Waals surface area contributed by atoms with Crippen LogP contribution in [0.25, 0.3) is 31.9 Å². The van der Waals surface area contributed by atoms with Crippen LogP contribution in [0.3, 0.4) is 0 Å². The topological polar surface area (TPSA) is 92.3 Å². The summed E-state index contributed by atoms with van der Waals surface area (Å²) in [5, 5.41) is 18.6. The van der Waals surface area contributed by atoms with Crippen LogP contribution in [0.4, 0.5) is 11.5 Å². The van der Waals surface area contributed by atoms with Gasteiger partial charge in [0.15, 0.2) is 0 Å². The van der Waals surface area contributed by atoms with Crippen LogP contribution < -0.4 is 5.32 Å². The van der Waals surface area contributed by atoms with Gasteiger partial charge >= 0.3 is 0 Å². The second-order valence-corrected chi connectivity index (χ2v) is 6.95. The molecule has 0 atom stereocenters. The lowest BCUT2D eigenvalue weighted by Gasteiger charge is -2.07. The molecule has 0 unspecified atom stereocenters. The number of tetrazole rings is 1. The Hall–Kier alpha value is -3.65. The molecule has 0 radical (unpaired) electrons. The van der Waals surface area contributed by atoms with Gasteiger partial charge in [0.25, 0.3) is 0 Å². The van der Waals surface area contributed by atoms with E-state index >= 15 is 0 Å². The molecule has 4 aromatic heterocycles. The molecule has 1 aromatic carbocycles. The van der Waals surface area contributed by atoms with Gasteiger partial charge in [-0.2, -0.15) is 5.21 Å². The number of nitrogens with one attached hydrogen (secondary N) is 2. The molecule has 0 aliphatic carbocycles. The van der Waals surface area contributed by atoms with E-state index in [0.29, 0.717) is 5.82 Å². The maximum absolute atomic E-state index is 4.54. The molecule has 27 heavy (non-hydrogen) atoms. The highest BCUT2D eigenvalue weighted by Gasteiger charge is 2.12. The summed E-state index contributed by atoms with van der Waals surface area (Å²) in [6.07, 6.45) is 5.49. The number of rotatable bonds is 4. The van der Waals surface area contributed by atoms with Crippen molar-refractivity contribution in [3.8, 4) is 21.8 Å². The van der Waals surface area contributed by atoms with Crippen molar-refractivity contribution in [3.63, 3.8) is 0 Å². The largest absolute Gasteiger partial charge is 0.338 e. The number of H-pyrrole nitrogens is 1. The van der Waals surface area contributed by atoms with Gasteiger partial charge < -0.3 is 5.32 Å². The molecule has 130 valence electrons. The van der Waals surface area contributed by atoms with Crippen LogP contribution in [0.15, 0.2) is 67.1 Å². The van der Waals surface area contributed by atoms with E-state index in [1.54, 1.807) is 17.5 Å². The summed E-state index contributed by atoms with van der Waals surface area (Å²) in [7, 11) is 0. The second-order valence-electron chi connectivity index (χ2n) is 5.87. The molecule has 0 fully saturated rings. The fraction of sp³-hybridized carbons (Fsp3) is 0. The predicted molar refractivity (Wildman–Crippen MR) is 106 cm³/mol. The van der Waals surface area contributed by atoms with Crippen LogP contribution in [0, 0.1) is 0 Å². The number of aromatic amines is 1. The van der Waals surface area contributed by atoms with Gasteiger partial charge in [-0.1, -0.05) is 30.3 Å². The Bertz CT molecular complexity index is 1180. The van der Waals surface area contributed by atoms with Gasteiger partial charge in [-0.25, -0.2) is 4.98 Å². The normalized spacial score (nSPS) is 11.0. The summed E-state index contributed by atoms with van der Waals surface area (Å²) in [5.41, 5.74) is 3.11. The maximum Gasteiger partial charge on any atom is 0.214 e. The van der Waals surface area contributed by atoms with Gasteiger partial charge in [-0.3, -0.25) is 4.98 Å². The van der Waals surface area contributed by atoms with Crippen molar-refractivity contribution in [2.45, 2.75) is 0 Å². The lowest BCUT2D eigenvalue weighted by molar-refractivity contribution is 0.881. The smallest absolute Gasteiger partial charge is 0.214 e. The van der Waals surface area contributed by atoms with Gasteiger partial charge in [-0.05, 0) is 29.0 Å². The number of pyridine rings is 2. The molecule has 0 amide bonds. The van der Waals surface area contributed by atoms with E-state index in [0.717, 1.165) is 37.6 Å². The molecule has 4 heterocycles. The minimum atomic E-state index is 0.576. The second kappa shape index (κ2) is 6.58. The van der Waals surface area contributed by atoms with Crippen molar-refractivity contribution in [1.29, 1.82) is 0 Å². The van der Waals surface area contributed by atoms with E-state index < -0.39 is 0 Å². The third kappa shape index (κ3) is 3.02. The van der Waals surface area contributed by atoms with Crippen LogP contribution in [0.5, 0.6) is 0 Å². The van der Waals surface area contributed by atoms with Gasteiger partial charge in [0, 0.05) is 23.3 Å². The van der Waals surface area contributed by atoms with Gasteiger partial charge in [0.2, 0.25) is 5.82 Å². The molecule has 0 saturated heterocycles. The molecule has 8 heteroatoms. The molecular weight excluding hydrogens is 358 g/mol. The zero-order valence-electron chi connectivity index (χ0n) is 14.0.